The van der Waals surface area contributed by atoms with Crippen LogP contribution in [0.15, 0.2) is 189 Å². The molecule has 0 saturated heterocycles. The van der Waals surface area contributed by atoms with E-state index in [1.165, 1.54) is 10.8 Å². The van der Waals surface area contributed by atoms with E-state index >= 15 is 0 Å². The third-order valence-electron chi connectivity index (χ3n) is 10.6. The SMILES string of the molecule is c1ccc(-c2nc(-c3ccc(-c4ccccn4)cc3)cc(-c3cc(-n4c5ccccc5c5ccncc54)cc(-n4c5ccccc5c5ccncc54)c3)n2)cc1. The van der Waals surface area contributed by atoms with Gasteiger partial charge < -0.3 is 9.13 Å². The lowest BCUT2D eigenvalue weighted by Crippen LogP contribution is -2.02. The number of para-hydroxylation sites is 2. The summed E-state index contributed by atoms with van der Waals surface area (Å²) in [4.78, 5) is 24.2. The average molecular weight is 718 g/mol. The molecule has 262 valence electrons. The van der Waals surface area contributed by atoms with E-state index in [-0.39, 0.29) is 0 Å². The Morgan fingerprint density at radius 1 is 0.339 bits per heavy atom. The van der Waals surface area contributed by atoms with Crippen LogP contribution >= 0.6 is 0 Å². The van der Waals surface area contributed by atoms with Crippen molar-refractivity contribution >= 4 is 43.6 Å². The normalized spacial score (nSPS) is 11.6. The highest BCUT2D eigenvalue weighted by Gasteiger charge is 2.19. The Morgan fingerprint density at radius 3 is 1.45 bits per heavy atom. The molecule has 0 aliphatic rings. The second kappa shape index (κ2) is 13.0. The van der Waals surface area contributed by atoms with Crippen LogP contribution in [0.4, 0.5) is 0 Å². The van der Waals surface area contributed by atoms with Gasteiger partial charge in [-0.1, -0.05) is 97.1 Å². The molecule has 0 fully saturated rings. The molecule has 0 radical (unpaired) electrons. The van der Waals surface area contributed by atoms with Crippen molar-refractivity contribution in [3.63, 3.8) is 0 Å². The second-order valence-electron chi connectivity index (χ2n) is 13.8. The van der Waals surface area contributed by atoms with Gasteiger partial charge in [-0.2, -0.15) is 0 Å². The lowest BCUT2D eigenvalue weighted by atomic mass is 10.0. The number of benzene rings is 5. The predicted molar refractivity (Wildman–Crippen MR) is 226 cm³/mol. The molecule has 6 aromatic heterocycles. The van der Waals surface area contributed by atoms with E-state index in [2.05, 4.69) is 145 Å². The van der Waals surface area contributed by atoms with Gasteiger partial charge in [0.25, 0.3) is 0 Å². The van der Waals surface area contributed by atoms with E-state index in [9.17, 15) is 0 Å². The van der Waals surface area contributed by atoms with Crippen molar-refractivity contribution < 1.29 is 0 Å². The predicted octanol–water partition coefficient (Wildman–Crippen LogP) is 11.5. The van der Waals surface area contributed by atoms with Crippen LogP contribution in [-0.2, 0) is 0 Å². The molecule has 0 atom stereocenters. The minimum absolute atomic E-state index is 0.654. The minimum Gasteiger partial charge on any atom is -0.308 e. The molecular formula is C49H31N7. The Kier molecular flexibility index (Phi) is 7.35. The summed E-state index contributed by atoms with van der Waals surface area (Å²) in [5.41, 5.74) is 12.7. The molecule has 11 aromatic rings. The molecule has 0 aliphatic carbocycles. The molecule has 7 nitrogen and oxygen atoms in total. The van der Waals surface area contributed by atoms with Crippen LogP contribution < -0.4 is 0 Å². The molecule has 0 N–H and O–H groups in total. The molecule has 6 heterocycles. The van der Waals surface area contributed by atoms with Gasteiger partial charge in [0.05, 0.1) is 51.5 Å². The molecule has 0 unspecified atom stereocenters. The van der Waals surface area contributed by atoms with E-state index in [1.54, 1.807) is 0 Å². The number of hydrogen-bond acceptors (Lipinski definition) is 5. The van der Waals surface area contributed by atoms with Crippen LogP contribution in [0.3, 0.4) is 0 Å². The number of rotatable bonds is 6. The van der Waals surface area contributed by atoms with Crippen LogP contribution in [0, 0.1) is 0 Å². The van der Waals surface area contributed by atoms with Crippen molar-refractivity contribution in [3.05, 3.63) is 189 Å². The lowest BCUT2D eigenvalue weighted by molar-refractivity contribution is 1.12. The largest absolute Gasteiger partial charge is 0.308 e. The molecule has 0 spiro atoms. The van der Waals surface area contributed by atoms with Crippen molar-refractivity contribution in [1.82, 2.24) is 34.1 Å². The molecule has 0 saturated carbocycles. The maximum atomic E-state index is 5.29. The van der Waals surface area contributed by atoms with E-state index in [0.717, 1.165) is 83.5 Å². The lowest BCUT2D eigenvalue weighted by Gasteiger charge is -2.16. The highest BCUT2D eigenvalue weighted by Crippen LogP contribution is 2.38. The van der Waals surface area contributed by atoms with Crippen molar-refractivity contribution in [2.75, 3.05) is 0 Å². The zero-order chi connectivity index (χ0) is 37.0. The summed E-state index contributed by atoms with van der Waals surface area (Å²) in [6.07, 6.45) is 9.46. The number of nitrogens with zero attached hydrogens (tertiary/aromatic N) is 7. The van der Waals surface area contributed by atoms with Crippen molar-refractivity contribution in [1.29, 1.82) is 0 Å². The summed E-state index contributed by atoms with van der Waals surface area (Å²) in [6, 6.07) is 54.7. The smallest absolute Gasteiger partial charge is 0.160 e. The average Bonchev–Trinajstić information content (AvgIpc) is 3.80. The van der Waals surface area contributed by atoms with Gasteiger partial charge in [0.15, 0.2) is 5.82 Å². The maximum absolute atomic E-state index is 5.29. The van der Waals surface area contributed by atoms with Crippen LogP contribution in [0.25, 0.3) is 100 Å². The van der Waals surface area contributed by atoms with Gasteiger partial charge in [-0.15, -0.1) is 0 Å². The van der Waals surface area contributed by atoms with Crippen molar-refractivity contribution in [2.24, 2.45) is 0 Å². The zero-order valence-electron chi connectivity index (χ0n) is 30.0. The first-order valence-electron chi connectivity index (χ1n) is 18.6. The fourth-order valence-electron chi connectivity index (χ4n) is 8.00. The van der Waals surface area contributed by atoms with Crippen LogP contribution in [0.1, 0.15) is 0 Å². The van der Waals surface area contributed by atoms with E-state index in [1.807, 2.05) is 67.4 Å². The minimum atomic E-state index is 0.654. The van der Waals surface area contributed by atoms with Gasteiger partial charge in [0, 0.05) is 73.8 Å². The van der Waals surface area contributed by atoms with Crippen LogP contribution in [0.5, 0.6) is 0 Å². The summed E-state index contributed by atoms with van der Waals surface area (Å²) in [5, 5.41) is 4.63. The van der Waals surface area contributed by atoms with E-state index < -0.39 is 0 Å². The Balaban J connectivity index is 1.19. The van der Waals surface area contributed by atoms with Crippen LogP contribution in [-0.4, -0.2) is 34.1 Å². The van der Waals surface area contributed by atoms with Gasteiger partial charge in [0.2, 0.25) is 0 Å². The highest BCUT2D eigenvalue weighted by molar-refractivity contribution is 6.10. The van der Waals surface area contributed by atoms with Gasteiger partial charge in [-0.3, -0.25) is 15.0 Å². The molecule has 7 heteroatoms. The molecule has 11 rings (SSSR count). The van der Waals surface area contributed by atoms with Gasteiger partial charge in [-0.25, -0.2) is 9.97 Å². The second-order valence-corrected chi connectivity index (χ2v) is 13.8. The topological polar surface area (TPSA) is 74.3 Å². The maximum Gasteiger partial charge on any atom is 0.160 e. The number of aromatic nitrogens is 7. The molecule has 56 heavy (non-hydrogen) atoms. The van der Waals surface area contributed by atoms with Crippen molar-refractivity contribution in [3.8, 4) is 56.5 Å². The Bertz CT molecular complexity index is 3000. The number of pyridine rings is 3. The fourth-order valence-corrected chi connectivity index (χ4v) is 8.00. The summed E-state index contributed by atoms with van der Waals surface area (Å²) < 4.78 is 4.63. The monoisotopic (exact) mass is 717 g/mol. The fraction of sp³-hybridized carbons (Fsp3) is 0. The number of fused-ring (bicyclic) bond motifs is 6. The van der Waals surface area contributed by atoms with Gasteiger partial charge in [-0.05, 0) is 60.7 Å². The van der Waals surface area contributed by atoms with E-state index in [0.29, 0.717) is 5.82 Å². The van der Waals surface area contributed by atoms with Crippen molar-refractivity contribution in [2.45, 2.75) is 0 Å². The first-order chi connectivity index (χ1) is 27.8. The molecule has 0 amide bonds. The Morgan fingerprint density at radius 2 is 0.857 bits per heavy atom. The summed E-state index contributed by atoms with van der Waals surface area (Å²) in [7, 11) is 0. The molecule has 5 aromatic carbocycles. The first-order valence-corrected chi connectivity index (χ1v) is 18.6. The molecule has 0 aliphatic heterocycles. The quantitative estimate of drug-likeness (QED) is 0.171. The Labute approximate surface area is 321 Å². The summed E-state index contributed by atoms with van der Waals surface area (Å²) in [6.45, 7) is 0. The van der Waals surface area contributed by atoms with Crippen LogP contribution in [0.2, 0.25) is 0 Å². The van der Waals surface area contributed by atoms with Gasteiger partial charge in [0.1, 0.15) is 0 Å². The number of hydrogen-bond donors (Lipinski definition) is 0. The molecule has 0 bridgehead atoms. The third-order valence-corrected chi connectivity index (χ3v) is 10.6. The zero-order valence-corrected chi connectivity index (χ0v) is 30.0. The first kappa shape index (κ1) is 31.7. The summed E-state index contributed by atoms with van der Waals surface area (Å²) in [5.74, 6) is 0.654. The van der Waals surface area contributed by atoms with Gasteiger partial charge >= 0.3 is 0 Å². The Hall–Kier alpha value is -7.77. The standard InChI is InChI=1S/C49H31N7/c1-2-10-34(11-3-1)49-53-43(33-19-17-32(18-20-33)42-14-8-9-23-52-42)29-44(54-49)35-26-36(55-45-15-6-4-12-38(45)40-21-24-50-30-47(40)55)28-37(27-35)56-46-16-7-5-13-39(46)41-22-25-51-31-48(41)56/h1-31H. The summed E-state index contributed by atoms with van der Waals surface area (Å²) >= 11 is 0. The molecular weight excluding hydrogens is 687 g/mol. The third kappa shape index (κ3) is 5.25. The van der Waals surface area contributed by atoms with E-state index in [4.69, 9.17) is 9.97 Å². The highest BCUT2D eigenvalue weighted by atomic mass is 15.0.